The van der Waals surface area contributed by atoms with Crippen LogP contribution in [0.3, 0.4) is 0 Å². The first-order chi connectivity index (χ1) is 11.6. The standard InChI is InChI=1S/C15H30N4O4S.HI/c1-16-15(17-5-8-19-6-3-11-24(19,20)21)18-7-4-14(12-18)13-23-10-9-22-2;/h14H,3-13H2,1-2H3,(H,16,17);1H. The van der Waals surface area contributed by atoms with E-state index in [1.165, 1.54) is 0 Å². The van der Waals surface area contributed by atoms with Crippen molar-refractivity contribution in [2.75, 3.05) is 72.5 Å². The van der Waals surface area contributed by atoms with Crippen LogP contribution in [0.2, 0.25) is 0 Å². The first-order valence-corrected chi connectivity index (χ1v) is 10.2. The van der Waals surface area contributed by atoms with Gasteiger partial charge < -0.3 is 19.7 Å². The monoisotopic (exact) mass is 490 g/mol. The topological polar surface area (TPSA) is 83.5 Å². The second-order valence-corrected chi connectivity index (χ2v) is 8.30. The summed E-state index contributed by atoms with van der Waals surface area (Å²) in [5.74, 6) is 1.61. The van der Waals surface area contributed by atoms with Gasteiger partial charge in [-0.15, -0.1) is 24.0 Å². The number of hydrogen-bond acceptors (Lipinski definition) is 5. The number of aliphatic imine (C=N–C) groups is 1. The maximum absolute atomic E-state index is 11.8. The van der Waals surface area contributed by atoms with Gasteiger partial charge in [0.05, 0.1) is 25.6 Å². The highest BCUT2D eigenvalue weighted by atomic mass is 127. The van der Waals surface area contributed by atoms with Crippen LogP contribution in [0.25, 0.3) is 0 Å². The summed E-state index contributed by atoms with van der Waals surface area (Å²) in [6.07, 6.45) is 1.81. The molecule has 0 bridgehead atoms. The van der Waals surface area contributed by atoms with E-state index in [4.69, 9.17) is 9.47 Å². The summed E-state index contributed by atoms with van der Waals surface area (Å²) in [5, 5.41) is 3.28. The van der Waals surface area contributed by atoms with E-state index in [1.807, 2.05) is 0 Å². The van der Waals surface area contributed by atoms with Crippen LogP contribution >= 0.6 is 24.0 Å². The molecular weight excluding hydrogens is 459 g/mol. The average molecular weight is 490 g/mol. The second kappa shape index (κ2) is 11.5. The lowest BCUT2D eigenvalue weighted by atomic mass is 10.1. The molecule has 2 rings (SSSR count). The number of hydrogen-bond donors (Lipinski definition) is 1. The molecule has 0 radical (unpaired) electrons. The molecule has 2 aliphatic rings. The molecule has 0 aromatic heterocycles. The average Bonchev–Trinajstić information content (AvgIpc) is 3.15. The quantitative estimate of drug-likeness (QED) is 0.227. The number of nitrogens with one attached hydrogen (secondary N) is 1. The van der Waals surface area contributed by atoms with Crippen LogP contribution in [-0.2, 0) is 19.5 Å². The Morgan fingerprint density at radius 2 is 2.12 bits per heavy atom. The lowest BCUT2D eigenvalue weighted by Gasteiger charge is -2.23. The fraction of sp³-hybridized carbons (Fsp3) is 0.933. The van der Waals surface area contributed by atoms with Crippen molar-refractivity contribution in [3.8, 4) is 0 Å². The van der Waals surface area contributed by atoms with Crippen molar-refractivity contribution in [2.24, 2.45) is 10.9 Å². The van der Waals surface area contributed by atoms with Crippen molar-refractivity contribution in [1.82, 2.24) is 14.5 Å². The molecule has 1 atom stereocenters. The number of nitrogens with zero attached hydrogens (tertiary/aromatic N) is 3. The highest BCUT2D eigenvalue weighted by Gasteiger charge is 2.28. The van der Waals surface area contributed by atoms with Crippen molar-refractivity contribution in [2.45, 2.75) is 12.8 Å². The summed E-state index contributed by atoms with van der Waals surface area (Å²) in [5.41, 5.74) is 0. The van der Waals surface area contributed by atoms with Crippen LogP contribution in [-0.4, -0.2) is 96.0 Å². The largest absolute Gasteiger partial charge is 0.382 e. The molecule has 0 aromatic rings. The highest BCUT2D eigenvalue weighted by molar-refractivity contribution is 14.0. The minimum atomic E-state index is -3.02. The maximum Gasteiger partial charge on any atom is 0.214 e. The molecule has 0 spiro atoms. The SMILES string of the molecule is CN=C(NCCN1CCCS1(=O)=O)N1CCC(COCCOC)C1.I. The molecule has 148 valence electrons. The lowest BCUT2D eigenvalue weighted by molar-refractivity contribution is 0.0536. The van der Waals surface area contributed by atoms with E-state index in [0.29, 0.717) is 38.8 Å². The maximum atomic E-state index is 11.8. The highest BCUT2D eigenvalue weighted by Crippen LogP contribution is 2.16. The molecule has 0 saturated carbocycles. The Morgan fingerprint density at radius 1 is 1.32 bits per heavy atom. The van der Waals surface area contributed by atoms with E-state index in [0.717, 1.165) is 38.5 Å². The molecule has 25 heavy (non-hydrogen) atoms. The lowest BCUT2D eigenvalue weighted by Crippen LogP contribution is -2.43. The predicted octanol–water partition coefficient (Wildman–Crippen LogP) is 0.200. The summed E-state index contributed by atoms with van der Waals surface area (Å²) in [6.45, 7) is 5.56. The van der Waals surface area contributed by atoms with Crippen molar-refractivity contribution < 1.29 is 17.9 Å². The normalized spacial score (nSPS) is 23.7. The van der Waals surface area contributed by atoms with Gasteiger partial charge in [0.1, 0.15) is 0 Å². The van der Waals surface area contributed by atoms with E-state index in [-0.39, 0.29) is 29.7 Å². The number of halogens is 1. The smallest absolute Gasteiger partial charge is 0.214 e. The fourth-order valence-corrected chi connectivity index (χ4v) is 4.65. The van der Waals surface area contributed by atoms with Crippen LogP contribution in [0.4, 0.5) is 0 Å². The van der Waals surface area contributed by atoms with Gasteiger partial charge in [0, 0.05) is 52.8 Å². The summed E-state index contributed by atoms with van der Waals surface area (Å²) in [6, 6.07) is 0. The Labute approximate surface area is 168 Å². The summed E-state index contributed by atoms with van der Waals surface area (Å²) in [4.78, 5) is 6.53. The molecule has 10 heteroatoms. The number of rotatable bonds is 8. The number of ether oxygens (including phenoxy) is 2. The van der Waals surface area contributed by atoms with Gasteiger partial charge in [0.2, 0.25) is 10.0 Å². The van der Waals surface area contributed by atoms with Gasteiger partial charge in [-0.3, -0.25) is 4.99 Å². The van der Waals surface area contributed by atoms with Gasteiger partial charge >= 0.3 is 0 Å². The van der Waals surface area contributed by atoms with Gasteiger partial charge in [-0.25, -0.2) is 12.7 Å². The number of guanidine groups is 1. The zero-order chi connectivity index (χ0) is 17.4. The van der Waals surface area contributed by atoms with E-state index in [9.17, 15) is 8.42 Å². The Balaban J connectivity index is 0.00000312. The molecule has 2 fully saturated rings. The molecule has 1 N–H and O–H groups in total. The van der Waals surface area contributed by atoms with Gasteiger partial charge in [-0.2, -0.15) is 0 Å². The molecule has 2 aliphatic heterocycles. The first-order valence-electron chi connectivity index (χ1n) is 8.57. The third-order valence-corrected chi connectivity index (χ3v) is 6.39. The van der Waals surface area contributed by atoms with Crippen LogP contribution in [0.5, 0.6) is 0 Å². The van der Waals surface area contributed by atoms with Crippen molar-refractivity contribution in [1.29, 1.82) is 0 Å². The summed E-state index contributed by atoms with van der Waals surface area (Å²) >= 11 is 0. The van der Waals surface area contributed by atoms with Crippen molar-refractivity contribution in [3.05, 3.63) is 0 Å². The minimum Gasteiger partial charge on any atom is -0.382 e. The van der Waals surface area contributed by atoms with E-state index >= 15 is 0 Å². The number of likely N-dealkylation sites (tertiary alicyclic amines) is 1. The van der Waals surface area contributed by atoms with E-state index < -0.39 is 10.0 Å². The Morgan fingerprint density at radius 3 is 2.76 bits per heavy atom. The molecule has 0 aromatic carbocycles. The van der Waals surface area contributed by atoms with Crippen LogP contribution < -0.4 is 5.32 Å². The van der Waals surface area contributed by atoms with Crippen molar-refractivity contribution in [3.63, 3.8) is 0 Å². The van der Waals surface area contributed by atoms with Crippen LogP contribution in [0.1, 0.15) is 12.8 Å². The second-order valence-electron chi connectivity index (χ2n) is 6.21. The molecule has 0 aliphatic carbocycles. The third kappa shape index (κ3) is 7.16. The van der Waals surface area contributed by atoms with Gasteiger partial charge in [-0.1, -0.05) is 0 Å². The van der Waals surface area contributed by atoms with Crippen molar-refractivity contribution >= 4 is 40.0 Å². The zero-order valence-electron chi connectivity index (χ0n) is 15.1. The summed E-state index contributed by atoms with van der Waals surface area (Å²) in [7, 11) is 0.410. The van der Waals surface area contributed by atoms with Gasteiger partial charge in [0.25, 0.3) is 0 Å². The number of methoxy groups -OCH3 is 1. The molecule has 0 amide bonds. The van der Waals surface area contributed by atoms with E-state index in [1.54, 1.807) is 18.5 Å². The third-order valence-electron chi connectivity index (χ3n) is 4.43. The summed E-state index contributed by atoms with van der Waals surface area (Å²) < 4.78 is 35.7. The van der Waals surface area contributed by atoms with Crippen LogP contribution in [0, 0.1) is 5.92 Å². The minimum absolute atomic E-state index is 0. The van der Waals surface area contributed by atoms with Gasteiger partial charge in [-0.05, 0) is 12.8 Å². The predicted molar refractivity (Wildman–Crippen MR) is 109 cm³/mol. The zero-order valence-corrected chi connectivity index (χ0v) is 18.3. The Kier molecular flexibility index (Phi) is 10.5. The van der Waals surface area contributed by atoms with Crippen LogP contribution in [0.15, 0.2) is 4.99 Å². The molecule has 2 saturated heterocycles. The fourth-order valence-electron chi connectivity index (χ4n) is 3.12. The molecule has 8 nitrogen and oxygen atoms in total. The molecule has 1 unspecified atom stereocenters. The molecule has 2 heterocycles. The number of sulfonamides is 1. The van der Waals surface area contributed by atoms with E-state index in [2.05, 4.69) is 15.2 Å². The Bertz CT molecular complexity index is 518. The molecular formula is C15H31IN4O4S. The Hall–Kier alpha value is -0.170. The van der Waals surface area contributed by atoms with Gasteiger partial charge in [0.15, 0.2) is 5.96 Å². The first kappa shape index (κ1) is 22.9.